The second kappa shape index (κ2) is 6.46. The van der Waals surface area contributed by atoms with Gasteiger partial charge in [0, 0.05) is 0 Å². The average Bonchev–Trinajstić information content (AvgIpc) is 2.44. The summed E-state index contributed by atoms with van der Waals surface area (Å²) >= 11 is 0. The summed E-state index contributed by atoms with van der Waals surface area (Å²) in [5.41, 5.74) is 36.0. The van der Waals surface area contributed by atoms with Gasteiger partial charge in [-0.2, -0.15) is 8.42 Å². The molecular formula is C12H24N8O5S. The molecule has 0 aliphatic carbocycles. The van der Waals surface area contributed by atoms with Crippen LogP contribution in [0.1, 0.15) is 6.92 Å². The third-order valence-electron chi connectivity index (χ3n) is 3.93. The van der Waals surface area contributed by atoms with Gasteiger partial charge >= 0.3 is 5.97 Å². The minimum Gasteiger partial charge on any atom is -0.423 e. The van der Waals surface area contributed by atoms with Crippen LogP contribution in [0, 0.1) is 0 Å². The molecule has 1 aromatic carbocycles. The summed E-state index contributed by atoms with van der Waals surface area (Å²) in [6.45, 7) is 1.16. The molecule has 0 amide bonds. The average molecular weight is 392 g/mol. The molecule has 0 fully saturated rings. The quantitative estimate of drug-likeness (QED) is 0.0952. The molecule has 14 heteroatoms. The smallest absolute Gasteiger partial charge is 0.349 e. The van der Waals surface area contributed by atoms with E-state index in [1.165, 1.54) is 12.1 Å². The molecule has 0 spiro atoms. The summed E-state index contributed by atoms with van der Waals surface area (Å²) in [6.07, 6.45) is 0. The zero-order valence-corrected chi connectivity index (χ0v) is 14.7. The van der Waals surface area contributed by atoms with Gasteiger partial charge in [-0.15, -0.1) is 0 Å². The summed E-state index contributed by atoms with van der Waals surface area (Å²) in [7, 11) is -4.72. The minimum atomic E-state index is -4.72. The van der Waals surface area contributed by atoms with E-state index in [2.05, 4.69) is 0 Å². The van der Waals surface area contributed by atoms with Crippen LogP contribution in [-0.4, -0.2) is 41.6 Å². The molecule has 1 aromatic rings. The Kier molecular flexibility index (Phi) is 5.55. The molecule has 0 saturated carbocycles. The molecule has 0 unspecified atom stereocenters. The van der Waals surface area contributed by atoms with Crippen LogP contribution in [0.3, 0.4) is 0 Å². The molecule has 0 aliphatic rings. The maximum atomic E-state index is 12.4. The minimum absolute atomic E-state index is 0.584. The highest BCUT2D eigenvalue weighted by Crippen LogP contribution is 2.27. The Morgan fingerprint density at radius 1 is 0.962 bits per heavy atom. The maximum Gasteiger partial charge on any atom is 0.349 e. The van der Waals surface area contributed by atoms with Gasteiger partial charge in [0.1, 0.15) is 16.2 Å². The second-order valence-electron chi connectivity index (χ2n) is 6.20. The van der Waals surface area contributed by atoms with E-state index in [9.17, 15) is 17.8 Å². The van der Waals surface area contributed by atoms with Crippen LogP contribution < -0.4 is 50.6 Å². The molecular weight excluding hydrogens is 368 g/mol. The van der Waals surface area contributed by atoms with Crippen molar-refractivity contribution in [2.45, 2.75) is 34.5 Å². The van der Waals surface area contributed by atoms with Gasteiger partial charge in [-0.3, -0.25) is 4.55 Å². The molecule has 1 rings (SSSR count). The standard InChI is InChI=1S/C12H24N8O5S/c1-9(13,14)11(17,18)12(19,20)10(15,16)8(21)25-6-4-2-3-5-7(6)26(22,23)24/h2-5H,13-20H2,1H3,(H,22,23,24). The number of para-hydroxylation sites is 1. The Morgan fingerprint density at radius 2 is 1.42 bits per heavy atom. The third kappa shape index (κ3) is 3.69. The number of esters is 1. The molecule has 0 heterocycles. The lowest BCUT2D eigenvalue weighted by Gasteiger charge is -2.52. The molecule has 0 saturated heterocycles. The van der Waals surface area contributed by atoms with Crippen LogP contribution in [-0.2, 0) is 14.9 Å². The van der Waals surface area contributed by atoms with Crippen molar-refractivity contribution >= 4 is 16.1 Å². The fourth-order valence-electron chi connectivity index (χ4n) is 1.89. The van der Waals surface area contributed by atoms with Crippen molar-refractivity contribution < 1.29 is 22.5 Å². The number of benzene rings is 1. The number of ether oxygens (including phenoxy) is 1. The Hall–Kier alpha value is -1.72. The first-order valence-electron chi connectivity index (χ1n) is 6.97. The van der Waals surface area contributed by atoms with Gasteiger partial charge in [0.15, 0.2) is 11.4 Å². The van der Waals surface area contributed by atoms with Gasteiger partial charge in [0.25, 0.3) is 10.1 Å². The topological polar surface area (TPSA) is 289 Å². The van der Waals surface area contributed by atoms with Crippen LogP contribution in [0.2, 0.25) is 0 Å². The fraction of sp³-hybridized carbons (Fsp3) is 0.417. The summed E-state index contributed by atoms with van der Waals surface area (Å²) in [5, 5.41) is 0. The first-order chi connectivity index (χ1) is 11.4. The van der Waals surface area contributed by atoms with E-state index in [1.807, 2.05) is 0 Å². The Morgan fingerprint density at radius 3 is 1.85 bits per heavy atom. The van der Waals surface area contributed by atoms with E-state index in [4.69, 9.17) is 50.6 Å². The lowest BCUT2D eigenvalue weighted by Crippen LogP contribution is -2.97. The highest BCUT2D eigenvalue weighted by molar-refractivity contribution is 7.86. The highest BCUT2D eigenvalue weighted by Gasteiger charge is 2.62. The predicted octanol–water partition coefficient (Wildman–Crippen LogP) is -4.69. The predicted molar refractivity (Wildman–Crippen MR) is 92.0 cm³/mol. The molecule has 26 heavy (non-hydrogen) atoms. The SMILES string of the molecule is CC(N)(N)C(N)(N)C(N)(N)C(N)(N)C(=O)Oc1ccccc1S(=O)(=O)O. The van der Waals surface area contributed by atoms with Crippen LogP contribution in [0.4, 0.5) is 0 Å². The van der Waals surface area contributed by atoms with Gasteiger partial charge in [-0.05, 0) is 19.1 Å². The molecule has 148 valence electrons. The normalized spacial score (nSPS) is 14.2. The fourth-order valence-corrected chi connectivity index (χ4v) is 2.50. The second-order valence-corrected chi connectivity index (χ2v) is 7.59. The first-order valence-corrected chi connectivity index (χ1v) is 8.41. The zero-order valence-electron chi connectivity index (χ0n) is 13.9. The molecule has 17 N–H and O–H groups in total. The van der Waals surface area contributed by atoms with Gasteiger partial charge < -0.3 is 50.6 Å². The van der Waals surface area contributed by atoms with E-state index < -0.39 is 49.4 Å². The van der Waals surface area contributed by atoms with Crippen molar-refractivity contribution in [1.29, 1.82) is 0 Å². The maximum absolute atomic E-state index is 12.4. The Bertz CT molecular complexity index is 800. The molecule has 0 aliphatic heterocycles. The number of carbonyl (C=O) groups is 1. The largest absolute Gasteiger partial charge is 0.423 e. The first kappa shape index (κ1) is 22.3. The van der Waals surface area contributed by atoms with Crippen LogP contribution in [0.25, 0.3) is 0 Å². The van der Waals surface area contributed by atoms with Crippen LogP contribution >= 0.6 is 0 Å². The molecule has 0 aromatic heterocycles. The van der Waals surface area contributed by atoms with Gasteiger partial charge in [0.2, 0.25) is 0 Å². The van der Waals surface area contributed by atoms with Crippen LogP contribution in [0.15, 0.2) is 29.2 Å². The van der Waals surface area contributed by atoms with E-state index in [0.717, 1.165) is 19.1 Å². The third-order valence-corrected chi connectivity index (χ3v) is 4.82. The van der Waals surface area contributed by atoms with E-state index >= 15 is 0 Å². The number of rotatable bonds is 6. The van der Waals surface area contributed by atoms with E-state index in [-0.39, 0.29) is 0 Å². The van der Waals surface area contributed by atoms with Gasteiger partial charge in [0.05, 0.1) is 5.66 Å². The monoisotopic (exact) mass is 392 g/mol. The highest BCUT2D eigenvalue weighted by atomic mass is 32.2. The summed E-state index contributed by atoms with van der Waals surface area (Å²) in [6, 6.07) is 4.61. The Labute approximate surface area is 149 Å². The summed E-state index contributed by atoms with van der Waals surface area (Å²) in [5.74, 6) is -2.10. The van der Waals surface area contributed by atoms with Crippen molar-refractivity contribution in [2.75, 3.05) is 0 Å². The Balaban J connectivity index is 3.34. The lowest BCUT2D eigenvalue weighted by atomic mass is 9.77. The zero-order chi connectivity index (χ0) is 20.8. The van der Waals surface area contributed by atoms with Crippen molar-refractivity contribution in [3.63, 3.8) is 0 Å². The van der Waals surface area contributed by atoms with Crippen molar-refractivity contribution in [3.05, 3.63) is 24.3 Å². The summed E-state index contributed by atoms with van der Waals surface area (Å²) in [4.78, 5) is 11.7. The van der Waals surface area contributed by atoms with Crippen molar-refractivity contribution in [2.24, 2.45) is 45.9 Å². The van der Waals surface area contributed by atoms with E-state index in [0.29, 0.717) is 0 Å². The van der Waals surface area contributed by atoms with Crippen LogP contribution in [0.5, 0.6) is 5.75 Å². The van der Waals surface area contributed by atoms with Crippen molar-refractivity contribution in [1.82, 2.24) is 0 Å². The lowest BCUT2D eigenvalue weighted by molar-refractivity contribution is -0.145. The molecule has 13 nitrogen and oxygen atoms in total. The van der Waals surface area contributed by atoms with E-state index in [1.54, 1.807) is 0 Å². The number of hydrogen-bond acceptors (Lipinski definition) is 12. The molecule has 0 atom stereocenters. The number of nitrogens with two attached hydrogens (primary N) is 8. The molecule has 0 radical (unpaired) electrons. The van der Waals surface area contributed by atoms with Gasteiger partial charge in [-0.25, -0.2) is 4.79 Å². The molecule has 0 bridgehead atoms. The number of hydrogen-bond donors (Lipinski definition) is 9. The summed E-state index contributed by atoms with van der Waals surface area (Å²) < 4.78 is 36.7. The van der Waals surface area contributed by atoms with Crippen molar-refractivity contribution in [3.8, 4) is 5.75 Å². The number of carbonyl (C=O) groups excluding carboxylic acids is 1. The van der Waals surface area contributed by atoms with Gasteiger partial charge in [-0.1, -0.05) is 12.1 Å².